The number of aliphatic hydroxyl groups is 1. The van der Waals surface area contributed by atoms with Crippen molar-refractivity contribution in [1.29, 1.82) is 0 Å². The number of likely N-dealkylation sites (tertiary alicyclic amines) is 1. The van der Waals surface area contributed by atoms with E-state index < -0.39 is 11.7 Å². The minimum Gasteiger partial charge on any atom is -0.444 e. The van der Waals surface area contributed by atoms with Crippen molar-refractivity contribution >= 4 is 6.09 Å². The van der Waals surface area contributed by atoms with Crippen LogP contribution in [-0.4, -0.2) is 50.8 Å². The summed E-state index contributed by atoms with van der Waals surface area (Å²) < 4.78 is 5.90. The van der Waals surface area contributed by atoms with Crippen LogP contribution in [0, 0.1) is 0 Å². The Labute approximate surface area is 240 Å². The maximum Gasteiger partial charge on any atom is 0.410 e. The summed E-state index contributed by atoms with van der Waals surface area (Å²) in [5.74, 6) is 0. The van der Waals surface area contributed by atoms with Crippen LogP contribution in [0.2, 0.25) is 0 Å². The molecule has 5 heteroatoms. The fraction of sp³-hybridized carbons (Fsp3) is 0.457. The Hall–Kier alpha value is -3.15. The smallest absolute Gasteiger partial charge is 0.410 e. The van der Waals surface area contributed by atoms with Gasteiger partial charge in [-0.2, -0.15) is 0 Å². The summed E-state index contributed by atoms with van der Waals surface area (Å²) >= 11 is 0. The van der Waals surface area contributed by atoms with Crippen LogP contribution in [0.3, 0.4) is 0 Å². The highest BCUT2D eigenvalue weighted by Gasteiger charge is 2.43. The van der Waals surface area contributed by atoms with Gasteiger partial charge in [0.05, 0.1) is 12.1 Å². The van der Waals surface area contributed by atoms with Crippen LogP contribution >= 0.6 is 0 Å². The van der Waals surface area contributed by atoms with Crippen LogP contribution in [0.4, 0.5) is 4.79 Å². The van der Waals surface area contributed by atoms with Gasteiger partial charge in [0.2, 0.25) is 0 Å². The molecule has 1 aliphatic heterocycles. The van der Waals surface area contributed by atoms with Gasteiger partial charge in [-0.15, -0.1) is 0 Å². The molecule has 0 spiro atoms. The lowest BCUT2D eigenvalue weighted by Gasteiger charge is -2.47. The summed E-state index contributed by atoms with van der Waals surface area (Å²) in [6.07, 6.45) is 3.11. The Morgan fingerprint density at radius 1 is 0.875 bits per heavy atom. The van der Waals surface area contributed by atoms with Gasteiger partial charge in [0.1, 0.15) is 5.60 Å². The van der Waals surface area contributed by atoms with Gasteiger partial charge in [-0.3, -0.25) is 9.80 Å². The Morgan fingerprint density at radius 3 is 1.85 bits per heavy atom. The van der Waals surface area contributed by atoms with Crippen LogP contribution in [0.25, 0.3) is 0 Å². The number of ether oxygens (including phenoxy) is 1. The zero-order valence-corrected chi connectivity index (χ0v) is 24.6. The largest absolute Gasteiger partial charge is 0.444 e. The van der Waals surface area contributed by atoms with E-state index in [4.69, 9.17) is 4.74 Å². The minimum absolute atomic E-state index is 0.0531. The number of amides is 1. The van der Waals surface area contributed by atoms with Gasteiger partial charge in [-0.05, 0) is 69.6 Å². The molecule has 1 N–H and O–H groups in total. The van der Waals surface area contributed by atoms with E-state index >= 15 is 0 Å². The quantitative estimate of drug-likeness (QED) is 0.294. The van der Waals surface area contributed by atoms with Gasteiger partial charge in [0, 0.05) is 25.2 Å². The van der Waals surface area contributed by atoms with Crippen molar-refractivity contribution in [3.8, 4) is 0 Å². The molecular weight excluding hydrogens is 496 g/mol. The second-order valence-electron chi connectivity index (χ2n) is 12.1. The van der Waals surface area contributed by atoms with Crippen molar-refractivity contribution in [2.75, 3.05) is 0 Å². The normalized spacial score (nSPS) is 19.3. The lowest BCUT2D eigenvalue weighted by molar-refractivity contribution is -0.0616. The molecule has 3 aromatic rings. The van der Waals surface area contributed by atoms with Crippen LogP contribution < -0.4 is 0 Å². The maximum absolute atomic E-state index is 13.6. The zero-order valence-electron chi connectivity index (χ0n) is 24.6. The molecule has 3 aromatic carbocycles. The van der Waals surface area contributed by atoms with Gasteiger partial charge in [-0.1, -0.05) is 97.9 Å². The number of rotatable bonds is 10. The summed E-state index contributed by atoms with van der Waals surface area (Å²) in [6, 6.07) is 30.8. The third-order valence-corrected chi connectivity index (χ3v) is 7.87. The molecule has 3 unspecified atom stereocenters. The molecule has 0 aromatic heterocycles. The van der Waals surface area contributed by atoms with Crippen LogP contribution in [0.1, 0.15) is 70.1 Å². The van der Waals surface area contributed by atoms with E-state index in [1.54, 1.807) is 0 Å². The molecule has 0 radical (unpaired) electrons. The lowest BCUT2D eigenvalue weighted by atomic mass is 9.86. The highest BCUT2D eigenvalue weighted by Crippen LogP contribution is 2.32. The third-order valence-electron chi connectivity index (χ3n) is 7.87. The minimum atomic E-state index is -0.755. The Kier molecular flexibility index (Phi) is 10.4. The fourth-order valence-electron chi connectivity index (χ4n) is 5.95. The highest BCUT2D eigenvalue weighted by atomic mass is 16.6. The van der Waals surface area contributed by atoms with Crippen molar-refractivity contribution in [2.24, 2.45) is 0 Å². The summed E-state index contributed by atoms with van der Waals surface area (Å²) in [6.45, 7) is 9.22. The standard InChI is InChI=1S/C35H46N2O3/c1-5-30-22-15-23-31(37(30)34(39)40-35(2,3)4)33(38)32(24-27-16-9-6-10-17-27)36(25-28-18-11-7-12-19-28)26-29-20-13-8-14-21-29/h6-14,16-21,30-33,38H,5,15,22-26H2,1-4H3/t30?,31?,32-,33?/m0/s1. The zero-order chi connectivity index (χ0) is 28.5. The molecule has 214 valence electrons. The van der Waals surface area contributed by atoms with E-state index in [-0.39, 0.29) is 24.2 Å². The number of piperidine rings is 1. The van der Waals surface area contributed by atoms with Crippen molar-refractivity contribution < 1.29 is 14.6 Å². The summed E-state index contributed by atoms with van der Waals surface area (Å²) in [5, 5.41) is 12.4. The van der Waals surface area contributed by atoms with E-state index in [2.05, 4.69) is 84.6 Å². The average Bonchev–Trinajstić information content (AvgIpc) is 2.95. The molecule has 0 bridgehead atoms. The summed E-state index contributed by atoms with van der Waals surface area (Å²) in [4.78, 5) is 17.9. The van der Waals surface area contributed by atoms with E-state index in [0.717, 1.165) is 25.7 Å². The molecular formula is C35H46N2O3. The first-order valence-electron chi connectivity index (χ1n) is 14.8. The third kappa shape index (κ3) is 8.18. The first kappa shape index (κ1) is 29.8. The van der Waals surface area contributed by atoms with Gasteiger partial charge in [0.15, 0.2) is 0 Å². The maximum atomic E-state index is 13.6. The first-order chi connectivity index (χ1) is 19.2. The molecule has 1 fully saturated rings. The number of benzene rings is 3. The highest BCUT2D eigenvalue weighted by molar-refractivity contribution is 5.69. The van der Waals surface area contributed by atoms with Crippen LogP contribution in [-0.2, 0) is 24.2 Å². The van der Waals surface area contributed by atoms with Crippen molar-refractivity contribution in [3.63, 3.8) is 0 Å². The number of hydrogen-bond acceptors (Lipinski definition) is 4. The van der Waals surface area contributed by atoms with E-state index in [0.29, 0.717) is 19.5 Å². The fourth-order valence-corrected chi connectivity index (χ4v) is 5.95. The van der Waals surface area contributed by atoms with E-state index in [1.165, 1.54) is 16.7 Å². The molecule has 1 aliphatic rings. The van der Waals surface area contributed by atoms with Crippen LogP contribution in [0.15, 0.2) is 91.0 Å². The average molecular weight is 543 g/mol. The Bertz CT molecular complexity index is 1120. The monoisotopic (exact) mass is 542 g/mol. The number of nitrogens with zero attached hydrogens (tertiary/aromatic N) is 2. The van der Waals surface area contributed by atoms with Gasteiger partial charge in [0.25, 0.3) is 0 Å². The first-order valence-corrected chi connectivity index (χ1v) is 14.8. The van der Waals surface area contributed by atoms with Crippen molar-refractivity contribution in [3.05, 3.63) is 108 Å². The number of carbonyl (C=O) groups is 1. The molecule has 4 atom stereocenters. The van der Waals surface area contributed by atoms with E-state index in [9.17, 15) is 9.90 Å². The second-order valence-corrected chi connectivity index (χ2v) is 12.1. The molecule has 0 aliphatic carbocycles. The van der Waals surface area contributed by atoms with Crippen molar-refractivity contribution in [1.82, 2.24) is 9.80 Å². The lowest BCUT2D eigenvalue weighted by Crippen LogP contribution is -2.60. The van der Waals surface area contributed by atoms with Gasteiger partial charge >= 0.3 is 6.09 Å². The van der Waals surface area contributed by atoms with Gasteiger partial charge in [-0.25, -0.2) is 4.79 Å². The molecule has 4 rings (SSSR count). The molecule has 0 saturated carbocycles. The Balaban J connectivity index is 1.73. The second kappa shape index (κ2) is 14.0. The molecule has 1 amide bonds. The molecule has 40 heavy (non-hydrogen) atoms. The van der Waals surface area contributed by atoms with E-state index in [1.807, 2.05) is 43.9 Å². The predicted molar refractivity (Wildman–Crippen MR) is 162 cm³/mol. The molecule has 1 heterocycles. The van der Waals surface area contributed by atoms with Crippen LogP contribution in [0.5, 0.6) is 0 Å². The molecule has 5 nitrogen and oxygen atoms in total. The summed E-state index contributed by atoms with van der Waals surface area (Å²) in [5.41, 5.74) is 2.97. The van der Waals surface area contributed by atoms with Gasteiger partial charge < -0.3 is 9.84 Å². The molecule has 1 saturated heterocycles. The SMILES string of the molecule is CCC1CCCC(C(O)[C@H](Cc2ccccc2)N(Cc2ccccc2)Cc2ccccc2)N1C(=O)OC(C)(C)C. The topological polar surface area (TPSA) is 53.0 Å². The Morgan fingerprint density at radius 2 is 1.38 bits per heavy atom. The van der Waals surface area contributed by atoms with Crippen molar-refractivity contribution in [2.45, 2.75) is 103 Å². The number of carbonyl (C=O) groups excluding carboxylic acids is 1. The number of aliphatic hydroxyl groups excluding tert-OH is 1. The number of hydrogen-bond donors (Lipinski definition) is 1. The predicted octanol–water partition coefficient (Wildman–Crippen LogP) is 7.23. The summed E-state index contributed by atoms with van der Waals surface area (Å²) in [7, 11) is 0.